The Balaban J connectivity index is 1.95. The van der Waals surface area contributed by atoms with Crippen molar-refractivity contribution < 1.29 is 24.5 Å². The van der Waals surface area contributed by atoms with E-state index in [9.17, 15) is 15.0 Å². The second kappa shape index (κ2) is 8.21. The van der Waals surface area contributed by atoms with Gasteiger partial charge in [0.05, 0.1) is 20.3 Å². The highest BCUT2D eigenvalue weighted by molar-refractivity contribution is 5.90. The Morgan fingerprint density at radius 2 is 1.96 bits per heavy atom. The molecular formula is C18H21NO5. The van der Waals surface area contributed by atoms with Crippen molar-refractivity contribution in [2.45, 2.75) is 18.9 Å². The molecule has 0 aliphatic carbocycles. The highest BCUT2D eigenvalue weighted by Gasteiger charge is 2.16. The normalized spacial score (nSPS) is 11.6. The van der Waals surface area contributed by atoms with E-state index in [1.807, 2.05) is 0 Å². The lowest BCUT2D eigenvalue weighted by Crippen LogP contribution is -2.13. The highest BCUT2D eigenvalue weighted by Crippen LogP contribution is 2.31. The van der Waals surface area contributed by atoms with E-state index in [0.29, 0.717) is 22.7 Å². The average Bonchev–Trinajstić information content (AvgIpc) is 2.59. The van der Waals surface area contributed by atoms with E-state index in [1.54, 1.807) is 37.4 Å². The summed E-state index contributed by atoms with van der Waals surface area (Å²) in [4.78, 5) is 12.0. The fourth-order valence-electron chi connectivity index (χ4n) is 2.32. The Kier molecular flexibility index (Phi) is 6.03. The molecule has 1 amide bonds. The van der Waals surface area contributed by atoms with Crippen molar-refractivity contribution >= 4 is 11.6 Å². The van der Waals surface area contributed by atoms with Crippen LogP contribution in [0.5, 0.6) is 17.2 Å². The number of hydrogen-bond acceptors (Lipinski definition) is 5. The number of benzene rings is 2. The van der Waals surface area contributed by atoms with E-state index in [0.717, 1.165) is 0 Å². The molecular weight excluding hydrogens is 310 g/mol. The maximum atomic E-state index is 12.0. The molecule has 2 aromatic carbocycles. The molecule has 24 heavy (non-hydrogen) atoms. The van der Waals surface area contributed by atoms with Crippen LogP contribution in [0.25, 0.3) is 0 Å². The predicted molar refractivity (Wildman–Crippen MR) is 90.5 cm³/mol. The van der Waals surface area contributed by atoms with Crippen molar-refractivity contribution in [1.29, 1.82) is 0 Å². The lowest BCUT2D eigenvalue weighted by atomic mass is 10.0. The average molecular weight is 331 g/mol. The quantitative estimate of drug-likeness (QED) is 0.726. The first-order valence-electron chi connectivity index (χ1n) is 7.52. The van der Waals surface area contributed by atoms with E-state index >= 15 is 0 Å². The lowest BCUT2D eigenvalue weighted by Gasteiger charge is -2.15. The van der Waals surface area contributed by atoms with Crippen LogP contribution in [0.2, 0.25) is 0 Å². The summed E-state index contributed by atoms with van der Waals surface area (Å²) in [6.45, 7) is 0. The number of anilines is 1. The van der Waals surface area contributed by atoms with E-state index in [4.69, 9.17) is 9.47 Å². The number of rotatable bonds is 7. The Morgan fingerprint density at radius 3 is 2.62 bits per heavy atom. The van der Waals surface area contributed by atoms with Gasteiger partial charge in [0, 0.05) is 29.8 Å². The third-order valence-corrected chi connectivity index (χ3v) is 3.57. The van der Waals surface area contributed by atoms with E-state index in [1.165, 1.54) is 19.2 Å². The Labute approximate surface area is 140 Å². The number of nitrogens with one attached hydrogen (secondary N) is 1. The lowest BCUT2D eigenvalue weighted by molar-refractivity contribution is -0.116. The van der Waals surface area contributed by atoms with Gasteiger partial charge in [0.15, 0.2) is 0 Å². The van der Waals surface area contributed by atoms with Crippen molar-refractivity contribution in [3.05, 3.63) is 48.0 Å². The van der Waals surface area contributed by atoms with E-state index in [-0.39, 0.29) is 24.5 Å². The van der Waals surface area contributed by atoms with Crippen LogP contribution in [-0.4, -0.2) is 30.3 Å². The molecule has 6 nitrogen and oxygen atoms in total. The molecule has 0 saturated heterocycles. The molecule has 6 heteroatoms. The number of phenolic OH excluding ortho intramolecular Hbond substituents is 1. The molecule has 128 valence electrons. The molecule has 1 unspecified atom stereocenters. The van der Waals surface area contributed by atoms with Gasteiger partial charge < -0.3 is 25.0 Å². The number of phenols is 1. The van der Waals surface area contributed by atoms with Gasteiger partial charge in [0.1, 0.15) is 17.2 Å². The number of aliphatic hydroxyl groups excluding tert-OH is 1. The third-order valence-electron chi connectivity index (χ3n) is 3.57. The maximum Gasteiger partial charge on any atom is 0.224 e. The zero-order valence-corrected chi connectivity index (χ0v) is 13.7. The molecule has 0 aliphatic rings. The smallest absolute Gasteiger partial charge is 0.224 e. The van der Waals surface area contributed by atoms with Gasteiger partial charge in [-0.15, -0.1) is 0 Å². The summed E-state index contributed by atoms with van der Waals surface area (Å²) in [6, 6.07) is 11.4. The number of aromatic hydroxyl groups is 1. The molecule has 3 N–H and O–H groups in total. The highest BCUT2D eigenvalue weighted by atomic mass is 16.5. The topological polar surface area (TPSA) is 88.0 Å². The third kappa shape index (κ3) is 4.63. The van der Waals surface area contributed by atoms with Crippen molar-refractivity contribution in [1.82, 2.24) is 0 Å². The number of amides is 1. The summed E-state index contributed by atoms with van der Waals surface area (Å²) in [6.07, 6.45) is -0.458. The number of carbonyl (C=O) groups excluding carboxylic acids is 1. The van der Waals surface area contributed by atoms with E-state index < -0.39 is 6.10 Å². The van der Waals surface area contributed by atoms with E-state index in [2.05, 4.69) is 5.32 Å². The summed E-state index contributed by atoms with van der Waals surface area (Å²) in [5, 5.41) is 22.4. The summed E-state index contributed by atoms with van der Waals surface area (Å²) in [5.41, 5.74) is 1.11. The van der Waals surface area contributed by atoms with Gasteiger partial charge >= 0.3 is 0 Å². The van der Waals surface area contributed by atoms with Crippen LogP contribution in [0.3, 0.4) is 0 Å². The summed E-state index contributed by atoms with van der Waals surface area (Å²) in [7, 11) is 3.07. The first-order chi connectivity index (χ1) is 11.5. The Hall–Kier alpha value is -2.73. The zero-order chi connectivity index (χ0) is 17.5. The zero-order valence-electron chi connectivity index (χ0n) is 13.7. The van der Waals surface area contributed by atoms with Gasteiger partial charge in [0.2, 0.25) is 5.91 Å². The molecule has 2 aromatic rings. The summed E-state index contributed by atoms with van der Waals surface area (Å²) >= 11 is 0. The van der Waals surface area contributed by atoms with Gasteiger partial charge in [-0.3, -0.25) is 4.79 Å². The predicted octanol–water partition coefficient (Wildman–Crippen LogP) is 2.86. The maximum absolute atomic E-state index is 12.0. The fourth-order valence-corrected chi connectivity index (χ4v) is 2.32. The number of methoxy groups -OCH3 is 2. The molecule has 0 aromatic heterocycles. The SMILES string of the molecule is COc1ccc(C(O)CCC(=O)Nc2cccc(O)c2)c(OC)c1. The molecule has 0 fully saturated rings. The van der Waals surface area contributed by atoms with Crippen LogP contribution in [0, 0.1) is 0 Å². The molecule has 0 radical (unpaired) electrons. The molecule has 0 spiro atoms. The van der Waals surface area contributed by atoms with Crippen LogP contribution in [0.1, 0.15) is 24.5 Å². The van der Waals surface area contributed by atoms with Crippen molar-refractivity contribution in [3.8, 4) is 17.2 Å². The van der Waals surface area contributed by atoms with Gasteiger partial charge in [-0.1, -0.05) is 6.07 Å². The minimum atomic E-state index is -0.833. The number of ether oxygens (including phenoxy) is 2. The van der Waals surface area contributed by atoms with Crippen LogP contribution >= 0.6 is 0 Å². The molecule has 0 aliphatic heterocycles. The summed E-state index contributed by atoms with van der Waals surface area (Å²) < 4.78 is 10.4. The molecule has 1 atom stereocenters. The Morgan fingerprint density at radius 1 is 1.17 bits per heavy atom. The number of hydrogen-bond donors (Lipinski definition) is 3. The second-order valence-corrected chi connectivity index (χ2v) is 5.26. The number of aliphatic hydroxyl groups is 1. The van der Waals surface area contributed by atoms with Crippen molar-refractivity contribution in [3.63, 3.8) is 0 Å². The molecule has 2 rings (SSSR count). The van der Waals surface area contributed by atoms with Gasteiger partial charge in [-0.2, -0.15) is 0 Å². The van der Waals surface area contributed by atoms with Crippen LogP contribution in [0.15, 0.2) is 42.5 Å². The molecule has 0 bridgehead atoms. The molecule has 0 heterocycles. The second-order valence-electron chi connectivity index (χ2n) is 5.26. The van der Waals surface area contributed by atoms with Crippen molar-refractivity contribution in [2.24, 2.45) is 0 Å². The van der Waals surface area contributed by atoms with Gasteiger partial charge in [-0.25, -0.2) is 0 Å². The van der Waals surface area contributed by atoms with Crippen LogP contribution < -0.4 is 14.8 Å². The minimum Gasteiger partial charge on any atom is -0.508 e. The fraction of sp³-hybridized carbons (Fsp3) is 0.278. The molecule has 0 saturated carbocycles. The first kappa shape index (κ1) is 17.6. The monoisotopic (exact) mass is 331 g/mol. The van der Waals surface area contributed by atoms with Crippen molar-refractivity contribution in [2.75, 3.05) is 19.5 Å². The largest absolute Gasteiger partial charge is 0.508 e. The van der Waals surface area contributed by atoms with Gasteiger partial charge in [-0.05, 0) is 30.7 Å². The van der Waals surface area contributed by atoms with Crippen LogP contribution in [-0.2, 0) is 4.79 Å². The summed E-state index contributed by atoms with van der Waals surface area (Å²) in [5.74, 6) is 0.975. The standard InChI is InChI=1S/C18H21NO5/c1-23-14-6-7-15(17(11-14)24-2)16(21)8-9-18(22)19-12-4-3-5-13(20)10-12/h3-7,10-11,16,20-21H,8-9H2,1-2H3,(H,19,22). The first-order valence-corrected chi connectivity index (χ1v) is 7.52. The van der Waals surface area contributed by atoms with Crippen LogP contribution in [0.4, 0.5) is 5.69 Å². The minimum absolute atomic E-state index is 0.0794. The number of carbonyl (C=O) groups is 1. The van der Waals surface area contributed by atoms with Gasteiger partial charge in [0.25, 0.3) is 0 Å². The Bertz CT molecular complexity index is 702.